The zero-order chi connectivity index (χ0) is 15.2. The van der Waals surface area contributed by atoms with Gasteiger partial charge in [-0.2, -0.15) is 0 Å². The predicted molar refractivity (Wildman–Crippen MR) is 85.0 cm³/mol. The van der Waals surface area contributed by atoms with Crippen molar-refractivity contribution in [2.24, 2.45) is 0 Å². The number of nitrogens with two attached hydrogens (primary N) is 1. The third kappa shape index (κ3) is 4.34. The number of rotatable bonds is 6. The summed E-state index contributed by atoms with van der Waals surface area (Å²) < 4.78 is 2.11. The number of imidazole rings is 1. The predicted octanol–water partition coefficient (Wildman–Crippen LogP) is 3.01. The molecule has 2 aromatic rings. The summed E-state index contributed by atoms with van der Waals surface area (Å²) in [6.45, 7) is 5.04. The van der Waals surface area contributed by atoms with Crippen LogP contribution in [0.15, 0.2) is 36.7 Å². The van der Waals surface area contributed by atoms with Gasteiger partial charge in [0.15, 0.2) is 0 Å². The summed E-state index contributed by atoms with van der Waals surface area (Å²) in [5.41, 5.74) is 7.07. The number of hydrogen-bond donors (Lipinski definition) is 2. The van der Waals surface area contributed by atoms with Gasteiger partial charge in [0.05, 0.1) is 0 Å². The van der Waals surface area contributed by atoms with E-state index in [0.717, 1.165) is 24.5 Å². The van der Waals surface area contributed by atoms with Crippen molar-refractivity contribution in [2.45, 2.75) is 39.2 Å². The van der Waals surface area contributed by atoms with Gasteiger partial charge in [0, 0.05) is 42.7 Å². The lowest BCUT2D eigenvalue weighted by atomic mass is 10.2. The van der Waals surface area contributed by atoms with Gasteiger partial charge in [-0.15, -0.1) is 0 Å². The maximum Gasteiger partial charge on any atom is 0.224 e. The highest BCUT2D eigenvalue weighted by Crippen LogP contribution is 2.14. The van der Waals surface area contributed by atoms with E-state index in [0.29, 0.717) is 18.0 Å². The van der Waals surface area contributed by atoms with Crippen LogP contribution in [0.4, 0.5) is 11.4 Å². The molecule has 0 saturated carbocycles. The molecular weight excluding hydrogens is 264 g/mol. The summed E-state index contributed by atoms with van der Waals surface area (Å²) in [6, 6.07) is 7.21. The zero-order valence-electron chi connectivity index (χ0n) is 12.5. The van der Waals surface area contributed by atoms with Crippen molar-refractivity contribution in [1.29, 1.82) is 0 Å². The molecule has 112 valence electrons. The van der Waals surface area contributed by atoms with Crippen molar-refractivity contribution in [3.05, 3.63) is 42.5 Å². The molecule has 0 aliphatic heterocycles. The van der Waals surface area contributed by atoms with E-state index in [2.05, 4.69) is 28.7 Å². The number of hydrogen-bond acceptors (Lipinski definition) is 3. The van der Waals surface area contributed by atoms with Crippen molar-refractivity contribution in [3.8, 4) is 0 Å². The summed E-state index contributed by atoms with van der Waals surface area (Å²) in [5, 5.41) is 2.86. The summed E-state index contributed by atoms with van der Waals surface area (Å²) in [5.74, 6) is 1.46. The highest BCUT2D eigenvalue weighted by atomic mass is 16.1. The third-order valence-corrected chi connectivity index (χ3v) is 3.24. The van der Waals surface area contributed by atoms with Gasteiger partial charge in [0.1, 0.15) is 5.82 Å². The minimum absolute atomic E-state index is 0.00631. The molecule has 2 rings (SSSR count). The molecule has 5 nitrogen and oxygen atoms in total. The van der Waals surface area contributed by atoms with Crippen molar-refractivity contribution < 1.29 is 4.79 Å². The minimum Gasteiger partial charge on any atom is -0.399 e. The highest BCUT2D eigenvalue weighted by molar-refractivity contribution is 5.91. The van der Waals surface area contributed by atoms with E-state index in [-0.39, 0.29) is 5.91 Å². The number of nitrogens with one attached hydrogen (secondary N) is 1. The van der Waals surface area contributed by atoms with Gasteiger partial charge in [0.2, 0.25) is 5.91 Å². The Balaban J connectivity index is 1.80. The summed E-state index contributed by atoms with van der Waals surface area (Å²) >= 11 is 0. The van der Waals surface area contributed by atoms with Crippen LogP contribution in [0.3, 0.4) is 0 Å². The number of amides is 1. The van der Waals surface area contributed by atoms with E-state index in [1.54, 1.807) is 12.1 Å². The molecular formula is C16H22N4O. The van der Waals surface area contributed by atoms with Gasteiger partial charge in [-0.25, -0.2) is 4.98 Å². The molecule has 1 aromatic heterocycles. The van der Waals surface area contributed by atoms with Gasteiger partial charge in [-0.1, -0.05) is 19.9 Å². The highest BCUT2D eigenvalue weighted by Gasteiger charge is 2.08. The lowest BCUT2D eigenvalue weighted by Crippen LogP contribution is -2.13. The average Bonchev–Trinajstić information content (AvgIpc) is 2.87. The number of benzene rings is 1. The van der Waals surface area contributed by atoms with E-state index in [1.165, 1.54) is 0 Å². The first-order chi connectivity index (χ1) is 10.1. The second-order valence-electron chi connectivity index (χ2n) is 5.41. The molecule has 21 heavy (non-hydrogen) atoms. The Morgan fingerprint density at radius 2 is 2.24 bits per heavy atom. The van der Waals surface area contributed by atoms with E-state index in [9.17, 15) is 4.79 Å². The molecule has 0 atom stereocenters. The van der Waals surface area contributed by atoms with Crippen LogP contribution in [0.5, 0.6) is 0 Å². The van der Waals surface area contributed by atoms with E-state index >= 15 is 0 Å². The zero-order valence-corrected chi connectivity index (χ0v) is 12.5. The lowest BCUT2D eigenvalue weighted by Gasteiger charge is -2.10. The number of carbonyl (C=O) groups excluding carboxylic acids is 1. The van der Waals surface area contributed by atoms with Crippen LogP contribution >= 0.6 is 0 Å². The summed E-state index contributed by atoms with van der Waals surface area (Å²) in [6.07, 6.45) is 5.03. The Morgan fingerprint density at radius 3 is 2.95 bits per heavy atom. The second-order valence-corrected chi connectivity index (χ2v) is 5.41. The second kappa shape index (κ2) is 6.92. The van der Waals surface area contributed by atoms with Gasteiger partial charge < -0.3 is 15.6 Å². The number of carbonyl (C=O) groups is 1. The Labute approximate surface area is 125 Å². The number of anilines is 2. The van der Waals surface area contributed by atoms with Gasteiger partial charge in [-0.05, 0) is 24.6 Å². The van der Waals surface area contributed by atoms with Crippen LogP contribution in [-0.4, -0.2) is 15.5 Å². The molecule has 5 heteroatoms. The molecule has 0 spiro atoms. The fourth-order valence-electron chi connectivity index (χ4n) is 2.26. The SMILES string of the molecule is CC(C)c1nccn1CCCC(=O)Nc1cccc(N)c1. The molecule has 3 N–H and O–H groups in total. The summed E-state index contributed by atoms with van der Waals surface area (Å²) in [7, 11) is 0. The van der Waals surface area contributed by atoms with Crippen LogP contribution in [0.25, 0.3) is 0 Å². The number of aromatic nitrogens is 2. The molecule has 0 aliphatic carbocycles. The Morgan fingerprint density at radius 1 is 1.43 bits per heavy atom. The average molecular weight is 286 g/mol. The monoisotopic (exact) mass is 286 g/mol. The number of aryl methyl sites for hydroxylation is 1. The number of nitrogens with zero attached hydrogens (tertiary/aromatic N) is 2. The Bertz CT molecular complexity index is 604. The van der Waals surface area contributed by atoms with Gasteiger partial charge >= 0.3 is 0 Å². The van der Waals surface area contributed by atoms with Gasteiger partial charge in [-0.3, -0.25) is 4.79 Å². The lowest BCUT2D eigenvalue weighted by molar-refractivity contribution is -0.116. The first kappa shape index (κ1) is 15.1. The van der Waals surface area contributed by atoms with Crippen LogP contribution in [0.1, 0.15) is 38.4 Å². The van der Waals surface area contributed by atoms with Crippen LogP contribution < -0.4 is 11.1 Å². The standard InChI is InChI=1S/C16H22N4O/c1-12(2)16-18-8-10-20(16)9-4-7-15(21)19-14-6-3-5-13(17)11-14/h3,5-6,8,10-12H,4,7,9,17H2,1-2H3,(H,19,21). The van der Waals surface area contributed by atoms with E-state index in [1.807, 2.05) is 24.5 Å². The topological polar surface area (TPSA) is 72.9 Å². The molecule has 0 radical (unpaired) electrons. The fourth-order valence-corrected chi connectivity index (χ4v) is 2.26. The van der Waals surface area contributed by atoms with Crippen molar-refractivity contribution in [3.63, 3.8) is 0 Å². The maximum absolute atomic E-state index is 11.9. The smallest absolute Gasteiger partial charge is 0.224 e. The van der Waals surface area contributed by atoms with Crippen molar-refractivity contribution in [2.75, 3.05) is 11.1 Å². The Hall–Kier alpha value is -2.30. The van der Waals surface area contributed by atoms with Crippen molar-refractivity contribution >= 4 is 17.3 Å². The molecule has 0 saturated heterocycles. The first-order valence-electron chi connectivity index (χ1n) is 7.22. The molecule has 1 heterocycles. The minimum atomic E-state index is 0.00631. The molecule has 1 aromatic carbocycles. The Kier molecular flexibility index (Phi) is 4.98. The van der Waals surface area contributed by atoms with Crippen LogP contribution in [0, 0.1) is 0 Å². The van der Waals surface area contributed by atoms with Crippen LogP contribution in [-0.2, 0) is 11.3 Å². The van der Waals surface area contributed by atoms with Gasteiger partial charge in [0.25, 0.3) is 0 Å². The first-order valence-corrected chi connectivity index (χ1v) is 7.22. The van der Waals surface area contributed by atoms with Crippen molar-refractivity contribution in [1.82, 2.24) is 9.55 Å². The fraction of sp³-hybridized carbons (Fsp3) is 0.375. The molecule has 0 bridgehead atoms. The third-order valence-electron chi connectivity index (χ3n) is 3.24. The molecule has 1 amide bonds. The van der Waals surface area contributed by atoms with E-state index < -0.39 is 0 Å². The van der Waals surface area contributed by atoms with Crippen LogP contribution in [0.2, 0.25) is 0 Å². The molecule has 0 aliphatic rings. The van der Waals surface area contributed by atoms with E-state index in [4.69, 9.17) is 5.73 Å². The normalized spacial score (nSPS) is 10.8. The number of nitrogen functional groups attached to an aromatic ring is 1. The quantitative estimate of drug-likeness (QED) is 0.802. The molecule has 0 unspecified atom stereocenters. The maximum atomic E-state index is 11.9. The largest absolute Gasteiger partial charge is 0.399 e. The molecule has 0 fully saturated rings. The summed E-state index contributed by atoms with van der Waals surface area (Å²) in [4.78, 5) is 16.2.